The van der Waals surface area contributed by atoms with Crippen LogP contribution >= 0.6 is 0 Å². The predicted octanol–water partition coefficient (Wildman–Crippen LogP) is 23.4. The second-order valence-corrected chi connectivity index (χ2v) is 27.8. The molecule has 0 aromatic heterocycles. The number of aliphatic hydroxyl groups excluding tert-OH is 5. The van der Waals surface area contributed by atoms with Gasteiger partial charge in [0.25, 0.3) is 0 Å². The molecule has 1 heterocycles. The minimum atomic E-state index is -1.58. The summed E-state index contributed by atoms with van der Waals surface area (Å²) in [6, 6.07) is -0.827. The van der Waals surface area contributed by atoms with E-state index in [-0.39, 0.29) is 12.5 Å². The van der Waals surface area contributed by atoms with Crippen molar-refractivity contribution in [2.45, 2.75) is 423 Å². The summed E-state index contributed by atoms with van der Waals surface area (Å²) < 4.78 is 11.3. The highest BCUT2D eigenvalue weighted by atomic mass is 16.7. The van der Waals surface area contributed by atoms with E-state index in [0.29, 0.717) is 6.42 Å². The Morgan fingerprint density at radius 1 is 0.372 bits per heavy atom. The topological polar surface area (TPSA) is 149 Å². The lowest BCUT2D eigenvalue weighted by atomic mass is 9.99. The minimum Gasteiger partial charge on any atom is -0.394 e. The maximum atomic E-state index is 13.2. The monoisotopic (exact) mass is 1320 g/mol. The van der Waals surface area contributed by atoms with E-state index in [1.54, 1.807) is 6.08 Å². The Labute approximate surface area is 581 Å². The molecule has 1 saturated heterocycles. The van der Waals surface area contributed by atoms with Crippen LogP contribution in [0.1, 0.15) is 380 Å². The number of carbonyl (C=O) groups excluding carboxylic acids is 1. The van der Waals surface area contributed by atoms with Crippen LogP contribution in [0.25, 0.3) is 0 Å². The third-order valence-corrected chi connectivity index (χ3v) is 18.9. The molecule has 9 nitrogen and oxygen atoms in total. The standard InChI is InChI=1S/C85H153NO8/c1-3-5-7-9-11-13-15-17-19-21-23-25-27-29-31-33-35-37-38-39-40-41-42-43-45-47-49-51-53-55-57-59-61-63-65-67-69-71-73-75-81(89)86-78(77-93-85-84(92)83(91)82(90)80(76-87)94-85)79(88)74-72-70-68-66-64-62-60-58-56-54-52-50-48-46-44-36-34-32-30-28-26-24-22-20-18-16-14-12-10-8-6-4-2/h5,7,11,13,17,19,23,25,29,31,35,37,64,66,72,74,78-80,82-85,87-88,90-92H,3-4,6,8-10,12,14-16,18,20-22,24,26-28,30,32-34,36,38-63,65,67-71,73,75-77H2,1-2H3,(H,86,89)/b7-5-,13-11-,19-17-,25-23-,31-29-,37-35-,66-64+,74-72+. The summed E-state index contributed by atoms with van der Waals surface area (Å²) in [5.41, 5.74) is 0. The first-order chi connectivity index (χ1) is 46.3. The van der Waals surface area contributed by atoms with Crippen LogP contribution in [-0.2, 0) is 14.3 Å². The van der Waals surface area contributed by atoms with Gasteiger partial charge in [-0.05, 0) is 83.5 Å². The molecule has 0 bridgehead atoms. The molecule has 1 aliphatic rings. The third-order valence-electron chi connectivity index (χ3n) is 18.9. The third kappa shape index (κ3) is 60.3. The van der Waals surface area contributed by atoms with Crippen molar-refractivity contribution in [3.8, 4) is 0 Å². The first kappa shape index (κ1) is 89.1. The molecule has 0 saturated carbocycles. The van der Waals surface area contributed by atoms with Crippen molar-refractivity contribution < 1.29 is 39.8 Å². The lowest BCUT2D eigenvalue weighted by molar-refractivity contribution is -0.302. The van der Waals surface area contributed by atoms with Crippen molar-refractivity contribution >= 4 is 5.91 Å². The zero-order chi connectivity index (χ0) is 67.8. The first-order valence-corrected chi connectivity index (χ1v) is 40.5. The molecule has 7 unspecified atom stereocenters. The van der Waals surface area contributed by atoms with Gasteiger partial charge in [-0.25, -0.2) is 0 Å². The van der Waals surface area contributed by atoms with Crippen molar-refractivity contribution in [3.05, 3.63) is 97.2 Å². The fraction of sp³-hybridized carbons (Fsp3) is 0.800. The van der Waals surface area contributed by atoms with Gasteiger partial charge >= 0.3 is 0 Å². The molecular formula is C85H153NO8. The summed E-state index contributed by atoms with van der Waals surface area (Å²) in [4.78, 5) is 13.2. The molecule has 1 fully saturated rings. The molecule has 0 aromatic rings. The Bertz CT molecular complexity index is 1820. The first-order valence-electron chi connectivity index (χ1n) is 40.5. The fourth-order valence-electron chi connectivity index (χ4n) is 12.7. The number of aliphatic hydroxyl groups is 5. The maximum Gasteiger partial charge on any atom is 0.220 e. The molecule has 1 rings (SSSR count). The van der Waals surface area contributed by atoms with Crippen molar-refractivity contribution in [1.82, 2.24) is 5.32 Å². The summed E-state index contributed by atoms with van der Waals surface area (Å²) in [5.74, 6) is -0.182. The summed E-state index contributed by atoms with van der Waals surface area (Å²) in [6.45, 7) is 3.70. The Balaban J connectivity index is 2.08. The van der Waals surface area contributed by atoms with Gasteiger partial charge in [0, 0.05) is 6.42 Å². The second-order valence-electron chi connectivity index (χ2n) is 27.8. The van der Waals surface area contributed by atoms with Crippen LogP contribution in [0, 0.1) is 0 Å². The van der Waals surface area contributed by atoms with Gasteiger partial charge in [0.1, 0.15) is 24.4 Å². The number of rotatable bonds is 71. The quantitative estimate of drug-likeness (QED) is 0.0261. The Hall–Kier alpha value is -2.89. The molecule has 94 heavy (non-hydrogen) atoms. The van der Waals surface area contributed by atoms with Gasteiger partial charge in [0.15, 0.2) is 6.29 Å². The predicted molar refractivity (Wildman–Crippen MR) is 405 cm³/mol. The largest absolute Gasteiger partial charge is 0.394 e. The highest BCUT2D eigenvalue weighted by Crippen LogP contribution is 2.24. The summed E-state index contributed by atoms with van der Waals surface area (Å²) in [6.07, 6.45) is 99.9. The molecule has 7 atom stereocenters. The number of nitrogens with one attached hydrogen (secondary N) is 1. The minimum absolute atomic E-state index is 0.182. The van der Waals surface area contributed by atoms with Gasteiger partial charge in [-0.3, -0.25) is 4.79 Å². The van der Waals surface area contributed by atoms with Gasteiger partial charge in [-0.1, -0.05) is 387 Å². The van der Waals surface area contributed by atoms with Crippen LogP contribution in [0.15, 0.2) is 97.2 Å². The van der Waals surface area contributed by atoms with Crippen molar-refractivity contribution in [2.75, 3.05) is 13.2 Å². The molecule has 0 aromatic carbocycles. The van der Waals surface area contributed by atoms with Gasteiger partial charge in [-0.15, -0.1) is 0 Å². The lowest BCUT2D eigenvalue weighted by Crippen LogP contribution is -2.60. The smallest absolute Gasteiger partial charge is 0.220 e. The average Bonchev–Trinajstić information content (AvgIpc) is 0.829. The van der Waals surface area contributed by atoms with Crippen LogP contribution in [0.4, 0.5) is 0 Å². The Morgan fingerprint density at radius 3 is 1.02 bits per heavy atom. The van der Waals surface area contributed by atoms with E-state index in [2.05, 4.69) is 104 Å². The van der Waals surface area contributed by atoms with E-state index in [4.69, 9.17) is 9.47 Å². The molecule has 1 aliphatic heterocycles. The lowest BCUT2D eigenvalue weighted by Gasteiger charge is -2.40. The van der Waals surface area contributed by atoms with E-state index in [1.165, 1.54) is 283 Å². The summed E-state index contributed by atoms with van der Waals surface area (Å²) in [7, 11) is 0. The van der Waals surface area contributed by atoms with Crippen LogP contribution in [-0.4, -0.2) is 87.5 Å². The molecule has 6 N–H and O–H groups in total. The Kier molecular flexibility index (Phi) is 69.1. The second kappa shape index (κ2) is 72.8. The fourth-order valence-corrected chi connectivity index (χ4v) is 12.7. The number of amides is 1. The van der Waals surface area contributed by atoms with E-state index in [0.717, 1.165) is 77.0 Å². The van der Waals surface area contributed by atoms with E-state index < -0.39 is 49.5 Å². The zero-order valence-corrected chi connectivity index (χ0v) is 61.5. The highest BCUT2D eigenvalue weighted by molar-refractivity contribution is 5.76. The molecule has 0 radical (unpaired) electrons. The molecule has 546 valence electrons. The maximum absolute atomic E-state index is 13.2. The van der Waals surface area contributed by atoms with Crippen LogP contribution in [0.5, 0.6) is 0 Å². The number of hydrogen-bond acceptors (Lipinski definition) is 8. The van der Waals surface area contributed by atoms with Crippen LogP contribution in [0.3, 0.4) is 0 Å². The number of hydrogen-bond donors (Lipinski definition) is 6. The SMILES string of the molecule is CC/C=C\C/C=C\C/C=C\C/C=C\C/C=C\C/C=C\CCCCCCCCCCCCCCCCCCCCCCC(=O)NC(COC1OC(CO)C(O)C(O)C1O)C(O)/C=C/CC/C=C/CCCCCCCCCCCCCCCCCCCCCCCCCCCC. The molecule has 9 heteroatoms. The zero-order valence-electron chi connectivity index (χ0n) is 61.5. The van der Waals surface area contributed by atoms with Crippen LogP contribution in [0.2, 0.25) is 0 Å². The summed E-state index contributed by atoms with van der Waals surface area (Å²) in [5, 5.41) is 54.9. The number of allylic oxidation sites excluding steroid dienone is 15. The van der Waals surface area contributed by atoms with E-state index >= 15 is 0 Å². The normalized spacial score (nSPS) is 18.1. The molecule has 0 aliphatic carbocycles. The van der Waals surface area contributed by atoms with Crippen molar-refractivity contribution in [3.63, 3.8) is 0 Å². The highest BCUT2D eigenvalue weighted by Gasteiger charge is 2.44. The van der Waals surface area contributed by atoms with E-state index in [9.17, 15) is 30.3 Å². The Morgan fingerprint density at radius 2 is 0.670 bits per heavy atom. The van der Waals surface area contributed by atoms with Gasteiger partial charge in [0.05, 0.1) is 25.4 Å². The molecule has 1 amide bonds. The molecular weight excluding hydrogens is 1160 g/mol. The van der Waals surface area contributed by atoms with Crippen molar-refractivity contribution in [2.24, 2.45) is 0 Å². The number of unbranched alkanes of at least 4 members (excludes halogenated alkanes) is 47. The van der Waals surface area contributed by atoms with E-state index in [1.807, 2.05) is 6.08 Å². The summed E-state index contributed by atoms with van der Waals surface area (Å²) >= 11 is 0. The average molecular weight is 1320 g/mol. The molecule has 0 spiro atoms. The number of carbonyl (C=O) groups is 1. The van der Waals surface area contributed by atoms with Gasteiger partial charge in [0.2, 0.25) is 5.91 Å². The van der Waals surface area contributed by atoms with Gasteiger partial charge in [-0.2, -0.15) is 0 Å². The van der Waals surface area contributed by atoms with Gasteiger partial charge < -0.3 is 40.3 Å². The number of ether oxygens (including phenoxy) is 2. The van der Waals surface area contributed by atoms with Crippen LogP contribution < -0.4 is 5.32 Å². The van der Waals surface area contributed by atoms with Crippen molar-refractivity contribution in [1.29, 1.82) is 0 Å².